The molecular formula is C20H21N5O2S. The topological polar surface area (TPSA) is 82.8 Å². The van der Waals surface area contributed by atoms with Crippen LogP contribution in [0.5, 0.6) is 0 Å². The predicted molar refractivity (Wildman–Crippen MR) is 106 cm³/mol. The molecule has 3 heterocycles. The van der Waals surface area contributed by atoms with Gasteiger partial charge in [-0.1, -0.05) is 55.9 Å². The van der Waals surface area contributed by atoms with Crippen molar-refractivity contribution < 1.29 is 8.94 Å². The number of rotatable bonds is 5. The van der Waals surface area contributed by atoms with E-state index in [2.05, 4.69) is 41.1 Å². The lowest BCUT2D eigenvalue weighted by Gasteiger charge is -2.11. The van der Waals surface area contributed by atoms with Gasteiger partial charge in [0.2, 0.25) is 5.89 Å². The van der Waals surface area contributed by atoms with E-state index in [1.54, 1.807) is 6.26 Å². The molecule has 4 rings (SSSR count). The number of hydrogen-bond donors (Lipinski definition) is 0. The van der Waals surface area contributed by atoms with Gasteiger partial charge in [0.05, 0.1) is 17.6 Å². The summed E-state index contributed by atoms with van der Waals surface area (Å²) in [7, 11) is 0. The molecule has 28 heavy (non-hydrogen) atoms. The lowest BCUT2D eigenvalue weighted by atomic mass is 9.96. The zero-order chi connectivity index (χ0) is 19.7. The standard InChI is InChI=1S/C20H21N5O2S/c1-13-15(10-11-26-13)17-22-23-19(25(17)14-8-6-5-7-9-14)28-12-16-21-18(24-27-16)20(2,3)4/h5-11H,12H2,1-4H3. The van der Waals surface area contributed by atoms with E-state index in [4.69, 9.17) is 8.94 Å². The van der Waals surface area contributed by atoms with Crippen molar-refractivity contribution in [2.75, 3.05) is 0 Å². The third kappa shape index (κ3) is 3.60. The van der Waals surface area contributed by atoms with Gasteiger partial charge < -0.3 is 8.94 Å². The van der Waals surface area contributed by atoms with Crippen LogP contribution < -0.4 is 0 Å². The Morgan fingerprint density at radius 2 is 1.86 bits per heavy atom. The first-order valence-electron chi connectivity index (χ1n) is 8.94. The van der Waals surface area contributed by atoms with E-state index >= 15 is 0 Å². The summed E-state index contributed by atoms with van der Waals surface area (Å²) in [6, 6.07) is 11.9. The summed E-state index contributed by atoms with van der Waals surface area (Å²) in [5.41, 5.74) is 1.74. The first-order chi connectivity index (χ1) is 13.4. The second-order valence-electron chi connectivity index (χ2n) is 7.42. The fourth-order valence-electron chi connectivity index (χ4n) is 2.71. The largest absolute Gasteiger partial charge is 0.469 e. The number of nitrogens with zero attached hydrogens (tertiary/aromatic N) is 5. The van der Waals surface area contributed by atoms with Gasteiger partial charge in [-0.25, -0.2) is 0 Å². The summed E-state index contributed by atoms with van der Waals surface area (Å²) in [5.74, 6) is 3.31. The summed E-state index contributed by atoms with van der Waals surface area (Å²) in [4.78, 5) is 4.50. The summed E-state index contributed by atoms with van der Waals surface area (Å²) in [6.45, 7) is 8.08. The van der Waals surface area contributed by atoms with Gasteiger partial charge in [0.25, 0.3) is 0 Å². The smallest absolute Gasteiger partial charge is 0.237 e. The van der Waals surface area contributed by atoms with Crippen molar-refractivity contribution in [3.8, 4) is 17.1 Å². The Morgan fingerprint density at radius 3 is 2.50 bits per heavy atom. The van der Waals surface area contributed by atoms with Crippen molar-refractivity contribution in [3.63, 3.8) is 0 Å². The molecule has 7 nitrogen and oxygen atoms in total. The van der Waals surface area contributed by atoms with Crippen LogP contribution in [0, 0.1) is 6.92 Å². The number of aromatic nitrogens is 5. The van der Waals surface area contributed by atoms with E-state index in [0.29, 0.717) is 17.5 Å². The molecule has 1 aromatic carbocycles. The number of benzene rings is 1. The SMILES string of the molecule is Cc1occc1-c1nnc(SCc2nc(C(C)(C)C)no2)n1-c1ccccc1. The van der Waals surface area contributed by atoms with Crippen LogP contribution in [0.3, 0.4) is 0 Å². The zero-order valence-electron chi connectivity index (χ0n) is 16.2. The van der Waals surface area contributed by atoms with Crippen molar-refractivity contribution in [1.82, 2.24) is 24.9 Å². The molecule has 0 aliphatic rings. The maximum absolute atomic E-state index is 5.46. The highest BCUT2D eigenvalue weighted by Crippen LogP contribution is 2.31. The molecule has 0 saturated carbocycles. The Balaban J connectivity index is 1.67. The second kappa shape index (κ2) is 7.27. The van der Waals surface area contributed by atoms with Gasteiger partial charge >= 0.3 is 0 Å². The molecule has 0 N–H and O–H groups in total. The minimum atomic E-state index is -0.150. The minimum Gasteiger partial charge on any atom is -0.469 e. The zero-order valence-corrected chi connectivity index (χ0v) is 17.0. The van der Waals surface area contributed by atoms with Crippen molar-refractivity contribution in [1.29, 1.82) is 0 Å². The molecule has 0 unspecified atom stereocenters. The monoisotopic (exact) mass is 395 g/mol. The van der Waals surface area contributed by atoms with E-state index in [1.807, 2.05) is 47.9 Å². The van der Waals surface area contributed by atoms with Gasteiger partial charge in [-0.3, -0.25) is 4.57 Å². The normalized spacial score (nSPS) is 11.9. The highest BCUT2D eigenvalue weighted by molar-refractivity contribution is 7.98. The highest BCUT2D eigenvalue weighted by atomic mass is 32.2. The van der Waals surface area contributed by atoms with Crippen LogP contribution in [0.1, 0.15) is 38.2 Å². The number of aryl methyl sites for hydroxylation is 1. The summed E-state index contributed by atoms with van der Waals surface area (Å²) < 4.78 is 12.9. The van der Waals surface area contributed by atoms with Gasteiger partial charge in [0.1, 0.15) is 5.76 Å². The Hall–Kier alpha value is -2.87. The molecule has 144 valence electrons. The number of furan rings is 1. The van der Waals surface area contributed by atoms with Gasteiger partial charge in [0.15, 0.2) is 16.8 Å². The summed E-state index contributed by atoms with van der Waals surface area (Å²) in [6.07, 6.45) is 1.66. The Morgan fingerprint density at radius 1 is 1.07 bits per heavy atom. The summed E-state index contributed by atoms with van der Waals surface area (Å²) in [5, 5.41) is 13.7. The molecule has 0 bridgehead atoms. The molecule has 0 spiro atoms. The van der Waals surface area contributed by atoms with E-state index in [-0.39, 0.29) is 5.41 Å². The highest BCUT2D eigenvalue weighted by Gasteiger charge is 2.22. The van der Waals surface area contributed by atoms with Crippen LogP contribution in [0.25, 0.3) is 17.1 Å². The van der Waals surface area contributed by atoms with Crippen molar-refractivity contribution >= 4 is 11.8 Å². The lowest BCUT2D eigenvalue weighted by Crippen LogP contribution is -2.13. The van der Waals surface area contributed by atoms with E-state index in [0.717, 1.165) is 28.0 Å². The number of hydrogen-bond acceptors (Lipinski definition) is 7. The molecule has 0 fully saturated rings. The van der Waals surface area contributed by atoms with Crippen LogP contribution in [-0.4, -0.2) is 24.9 Å². The van der Waals surface area contributed by atoms with E-state index in [1.165, 1.54) is 11.8 Å². The average Bonchev–Trinajstić information content (AvgIpc) is 3.39. The number of para-hydroxylation sites is 1. The molecular weight excluding hydrogens is 374 g/mol. The molecule has 0 saturated heterocycles. The van der Waals surface area contributed by atoms with Gasteiger partial charge in [-0.05, 0) is 25.1 Å². The van der Waals surface area contributed by atoms with Gasteiger partial charge in [-0.2, -0.15) is 4.98 Å². The van der Waals surface area contributed by atoms with Crippen LogP contribution >= 0.6 is 11.8 Å². The molecule has 0 atom stereocenters. The first kappa shape index (κ1) is 18.5. The average molecular weight is 395 g/mol. The molecule has 0 radical (unpaired) electrons. The fraction of sp³-hybridized carbons (Fsp3) is 0.300. The quantitative estimate of drug-likeness (QED) is 0.448. The van der Waals surface area contributed by atoms with Gasteiger partial charge in [0, 0.05) is 11.1 Å². The van der Waals surface area contributed by atoms with Crippen LogP contribution in [-0.2, 0) is 11.2 Å². The van der Waals surface area contributed by atoms with Crippen molar-refractivity contribution in [2.24, 2.45) is 0 Å². The maximum Gasteiger partial charge on any atom is 0.237 e. The molecule has 8 heteroatoms. The Labute approximate surface area is 167 Å². The first-order valence-corrected chi connectivity index (χ1v) is 9.93. The predicted octanol–water partition coefficient (Wildman–Crippen LogP) is 4.81. The van der Waals surface area contributed by atoms with Gasteiger partial charge in [-0.15, -0.1) is 10.2 Å². The lowest BCUT2D eigenvalue weighted by molar-refractivity contribution is 0.372. The molecule has 3 aromatic heterocycles. The van der Waals surface area contributed by atoms with E-state index in [9.17, 15) is 0 Å². The van der Waals surface area contributed by atoms with E-state index < -0.39 is 0 Å². The Bertz CT molecular complexity index is 1080. The summed E-state index contributed by atoms with van der Waals surface area (Å²) >= 11 is 1.51. The molecule has 0 aliphatic carbocycles. The molecule has 0 amide bonds. The van der Waals surface area contributed by atoms with Crippen LogP contribution in [0.2, 0.25) is 0 Å². The maximum atomic E-state index is 5.46. The van der Waals surface area contributed by atoms with Crippen molar-refractivity contribution in [3.05, 3.63) is 60.1 Å². The van der Waals surface area contributed by atoms with Crippen LogP contribution in [0.15, 0.2) is 56.8 Å². The molecule has 0 aliphatic heterocycles. The number of thioether (sulfide) groups is 1. The van der Waals surface area contributed by atoms with Crippen molar-refractivity contribution in [2.45, 2.75) is 44.0 Å². The van der Waals surface area contributed by atoms with Crippen LogP contribution in [0.4, 0.5) is 0 Å². The fourth-order valence-corrected chi connectivity index (χ4v) is 3.50. The third-order valence-electron chi connectivity index (χ3n) is 4.21. The minimum absolute atomic E-state index is 0.150. The second-order valence-corrected chi connectivity index (χ2v) is 8.36. The molecule has 4 aromatic rings. The Kier molecular flexibility index (Phi) is 4.80. The third-order valence-corrected chi connectivity index (χ3v) is 5.12.